The highest BCUT2D eigenvalue weighted by Gasteiger charge is 2.41. The molecule has 1 heterocycles. The molecule has 2 aromatic carbocycles. The van der Waals surface area contributed by atoms with E-state index in [9.17, 15) is 9.90 Å². The molecule has 0 aliphatic heterocycles. The Hall–Kier alpha value is -2.76. The van der Waals surface area contributed by atoms with Crippen molar-refractivity contribution >= 4 is 14.3 Å². The summed E-state index contributed by atoms with van der Waals surface area (Å²) in [6.07, 6.45) is 4.59. The summed E-state index contributed by atoms with van der Waals surface area (Å²) < 4.78 is 6.52. The standard InChI is InChI=1S/C25H29NO3Si/c1-25(2,17-19-12-14-26-15-13-19)30(3,4)29-18-20-10-11-22(24(27)28)23(16-20)21-8-6-5-7-9-21/h5-16H,17-18H2,1-4H3,(H,27,28). The lowest BCUT2D eigenvalue weighted by atomic mass is 9.97. The third kappa shape index (κ3) is 5.04. The van der Waals surface area contributed by atoms with Crippen molar-refractivity contribution in [2.75, 3.05) is 0 Å². The molecule has 0 aliphatic rings. The Morgan fingerprint density at radius 1 is 1.00 bits per heavy atom. The van der Waals surface area contributed by atoms with Gasteiger partial charge in [0.25, 0.3) is 0 Å². The Kier molecular flexibility index (Phi) is 6.54. The highest BCUT2D eigenvalue weighted by atomic mass is 28.4. The average molecular weight is 420 g/mol. The van der Waals surface area contributed by atoms with Crippen LogP contribution in [0.4, 0.5) is 0 Å². The van der Waals surface area contributed by atoms with E-state index in [1.54, 1.807) is 6.07 Å². The van der Waals surface area contributed by atoms with Crippen molar-refractivity contribution in [1.29, 1.82) is 0 Å². The lowest BCUT2D eigenvalue weighted by Crippen LogP contribution is -2.43. The van der Waals surface area contributed by atoms with Crippen LogP contribution in [0.25, 0.3) is 11.1 Å². The van der Waals surface area contributed by atoms with Gasteiger partial charge in [0.1, 0.15) is 0 Å². The number of pyridine rings is 1. The summed E-state index contributed by atoms with van der Waals surface area (Å²) in [6, 6.07) is 19.2. The molecule has 4 nitrogen and oxygen atoms in total. The first-order valence-electron chi connectivity index (χ1n) is 10.1. The van der Waals surface area contributed by atoms with Crippen LogP contribution >= 0.6 is 0 Å². The van der Waals surface area contributed by atoms with Crippen LogP contribution in [0.15, 0.2) is 73.1 Å². The molecule has 5 heteroatoms. The third-order valence-electron chi connectivity index (χ3n) is 6.02. The van der Waals surface area contributed by atoms with Crippen molar-refractivity contribution in [3.63, 3.8) is 0 Å². The molecule has 0 fully saturated rings. The predicted octanol–water partition coefficient (Wildman–Crippen LogP) is 6.19. The average Bonchev–Trinajstić information content (AvgIpc) is 2.73. The summed E-state index contributed by atoms with van der Waals surface area (Å²) in [4.78, 5) is 15.8. The molecule has 0 amide bonds. The normalized spacial score (nSPS) is 12.0. The minimum atomic E-state index is -2.07. The number of nitrogens with zero attached hydrogens (tertiary/aromatic N) is 1. The van der Waals surface area contributed by atoms with E-state index in [0.29, 0.717) is 12.2 Å². The number of rotatable bonds is 8. The lowest BCUT2D eigenvalue weighted by Gasteiger charge is -2.39. The van der Waals surface area contributed by atoms with E-state index in [0.717, 1.165) is 23.1 Å². The highest BCUT2D eigenvalue weighted by molar-refractivity contribution is 6.74. The van der Waals surface area contributed by atoms with Gasteiger partial charge in [0.2, 0.25) is 0 Å². The van der Waals surface area contributed by atoms with Gasteiger partial charge in [-0.2, -0.15) is 0 Å². The quantitative estimate of drug-likeness (QED) is 0.442. The Bertz CT molecular complexity index is 1000. The van der Waals surface area contributed by atoms with Gasteiger partial charge in [-0.25, -0.2) is 4.79 Å². The number of aromatic carboxylic acids is 1. The van der Waals surface area contributed by atoms with Gasteiger partial charge in [0, 0.05) is 12.4 Å². The topological polar surface area (TPSA) is 59.4 Å². The van der Waals surface area contributed by atoms with Crippen LogP contribution in [-0.4, -0.2) is 24.4 Å². The van der Waals surface area contributed by atoms with Crippen LogP contribution in [0.1, 0.15) is 35.3 Å². The first-order valence-corrected chi connectivity index (χ1v) is 13.0. The number of hydrogen-bond acceptors (Lipinski definition) is 3. The number of carboxylic acids is 1. The van der Waals surface area contributed by atoms with Gasteiger partial charge in [-0.1, -0.05) is 50.2 Å². The molecule has 0 unspecified atom stereocenters. The van der Waals surface area contributed by atoms with Crippen LogP contribution in [0.2, 0.25) is 18.1 Å². The zero-order valence-corrected chi connectivity index (χ0v) is 19.1. The van der Waals surface area contributed by atoms with Gasteiger partial charge in [0.15, 0.2) is 8.32 Å². The fourth-order valence-electron chi connectivity index (χ4n) is 3.41. The van der Waals surface area contributed by atoms with Gasteiger partial charge < -0.3 is 9.53 Å². The second-order valence-electron chi connectivity index (χ2n) is 8.77. The zero-order valence-electron chi connectivity index (χ0n) is 18.1. The molecule has 156 valence electrons. The number of carboxylic acid groups (broad SMARTS) is 1. The summed E-state index contributed by atoms with van der Waals surface area (Å²) in [7, 11) is -2.07. The third-order valence-corrected chi connectivity index (χ3v) is 10.3. The van der Waals surface area contributed by atoms with Crippen LogP contribution in [0.5, 0.6) is 0 Å². The molecule has 0 atom stereocenters. The van der Waals surface area contributed by atoms with Gasteiger partial charge >= 0.3 is 5.97 Å². The molecular weight excluding hydrogens is 390 g/mol. The van der Waals surface area contributed by atoms with Crippen LogP contribution in [-0.2, 0) is 17.5 Å². The van der Waals surface area contributed by atoms with E-state index >= 15 is 0 Å². The second-order valence-corrected chi connectivity index (χ2v) is 13.4. The maximum atomic E-state index is 11.7. The van der Waals surface area contributed by atoms with E-state index in [1.165, 1.54) is 5.56 Å². The highest BCUT2D eigenvalue weighted by Crippen LogP contribution is 2.41. The molecule has 0 saturated carbocycles. The van der Waals surface area contributed by atoms with E-state index in [-0.39, 0.29) is 5.04 Å². The van der Waals surface area contributed by atoms with Crippen LogP contribution < -0.4 is 0 Å². The molecule has 0 bridgehead atoms. The molecule has 1 aromatic heterocycles. The first-order chi connectivity index (χ1) is 14.2. The van der Waals surface area contributed by atoms with Gasteiger partial charge in [-0.05, 0) is 71.1 Å². The van der Waals surface area contributed by atoms with E-state index < -0.39 is 14.3 Å². The smallest absolute Gasteiger partial charge is 0.336 e. The Labute approximate surface area is 179 Å². The minimum Gasteiger partial charge on any atom is -0.478 e. The van der Waals surface area contributed by atoms with Gasteiger partial charge in [-0.15, -0.1) is 0 Å². The van der Waals surface area contributed by atoms with Crippen molar-refractivity contribution in [2.45, 2.75) is 45.0 Å². The fraction of sp³-hybridized carbons (Fsp3) is 0.280. The largest absolute Gasteiger partial charge is 0.478 e. The van der Waals surface area contributed by atoms with E-state index in [2.05, 4.69) is 44.1 Å². The summed E-state index contributed by atoms with van der Waals surface area (Å²) in [6.45, 7) is 9.50. The monoisotopic (exact) mass is 419 g/mol. The second kappa shape index (κ2) is 8.94. The van der Waals surface area contributed by atoms with Crippen LogP contribution in [0.3, 0.4) is 0 Å². The summed E-state index contributed by atoms with van der Waals surface area (Å²) in [5.41, 5.74) is 4.17. The SMILES string of the molecule is CC(C)(Cc1ccncc1)[Si](C)(C)OCc1ccc(C(=O)O)c(-c2ccccc2)c1. The zero-order chi connectivity index (χ0) is 21.8. The van der Waals surface area contributed by atoms with E-state index in [4.69, 9.17) is 4.43 Å². The molecule has 3 aromatic rings. The minimum absolute atomic E-state index is 0.0254. The molecule has 0 saturated heterocycles. The van der Waals surface area contributed by atoms with Crippen LogP contribution in [0, 0.1) is 0 Å². The lowest BCUT2D eigenvalue weighted by molar-refractivity contribution is 0.0697. The first kappa shape index (κ1) is 21.9. The molecule has 0 spiro atoms. The summed E-state index contributed by atoms with van der Waals surface area (Å²) in [5.74, 6) is -0.922. The Morgan fingerprint density at radius 2 is 1.67 bits per heavy atom. The molecule has 30 heavy (non-hydrogen) atoms. The predicted molar refractivity (Wildman–Crippen MR) is 123 cm³/mol. The summed E-state index contributed by atoms with van der Waals surface area (Å²) >= 11 is 0. The number of hydrogen-bond donors (Lipinski definition) is 1. The van der Waals surface area contributed by atoms with Crippen molar-refractivity contribution in [3.05, 3.63) is 89.7 Å². The maximum Gasteiger partial charge on any atom is 0.336 e. The Balaban J connectivity index is 1.80. The van der Waals surface area contributed by atoms with E-state index in [1.807, 2.05) is 54.9 Å². The summed E-state index contributed by atoms with van der Waals surface area (Å²) in [5, 5.41) is 9.62. The van der Waals surface area contributed by atoms with Crippen molar-refractivity contribution in [3.8, 4) is 11.1 Å². The van der Waals surface area contributed by atoms with Gasteiger partial charge in [0.05, 0.1) is 12.2 Å². The van der Waals surface area contributed by atoms with Gasteiger partial charge in [-0.3, -0.25) is 4.98 Å². The Morgan fingerprint density at radius 3 is 2.30 bits per heavy atom. The number of carbonyl (C=O) groups is 1. The van der Waals surface area contributed by atoms with Crippen molar-refractivity contribution < 1.29 is 14.3 Å². The number of aromatic nitrogens is 1. The maximum absolute atomic E-state index is 11.7. The molecular formula is C25H29NO3Si. The molecule has 3 rings (SSSR count). The van der Waals surface area contributed by atoms with Crippen molar-refractivity contribution in [1.82, 2.24) is 4.98 Å². The van der Waals surface area contributed by atoms with Crippen molar-refractivity contribution in [2.24, 2.45) is 0 Å². The molecule has 0 aliphatic carbocycles. The fourth-order valence-corrected chi connectivity index (χ4v) is 4.96. The number of benzene rings is 2. The molecule has 0 radical (unpaired) electrons. The molecule has 1 N–H and O–H groups in total.